The monoisotopic (exact) mass is 184 g/mol. The molecule has 0 saturated carbocycles. The molecule has 0 N–H and O–H groups in total. The van der Waals surface area contributed by atoms with E-state index in [0.29, 0.717) is 6.42 Å². The largest absolute Gasteiger partial charge is 0.462 e. The number of esters is 1. The van der Waals surface area contributed by atoms with Crippen molar-refractivity contribution in [2.75, 3.05) is 6.61 Å². The van der Waals surface area contributed by atoms with Gasteiger partial charge in [-0.3, -0.25) is 4.79 Å². The fourth-order valence-electron chi connectivity index (χ4n) is 0.785. The Hall–Kier alpha value is -1.12. The third-order valence-electron chi connectivity index (χ3n) is 1.92. The first-order valence-corrected chi connectivity index (χ1v) is 4.43. The molecule has 74 valence electrons. The summed E-state index contributed by atoms with van der Waals surface area (Å²) >= 11 is 0. The molecule has 0 amide bonds. The van der Waals surface area contributed by atoms with E-state index in [9.17, 15) is 9.59 Å². The summed E-state index contributed by atoms with van der Waals surface area (Å²) in [5.74, 6) is -0.279. The molecule has 0 aliphatic carbocycles. The van der Waals surface area contributed by atoms with Crippen molar-refractivity contribution in [3.63, 3.8) is 0 Å². The summed E-state index contributed by atoms with van der Waals surface area (Å²) in [7, 11) is 0. The molecule has 13 heavy (non-hydrogen) atoms. The van der Waals surface area contributed by atoms with Crippen LogP contribution >= 0.6 is 0 Å². The summed E-state index contributed by atoms with van der Waals surface area (Å²) in [4.78, 5) is 21.8. The van der Waals surface area contributed by atoms with E-state index in [1.807, 2.05) is 13.8 Å². The van der Waals surface area contributed by atoms with Crippen molar-refractivity contribution in [3.8, 4) is 0 Å². The van der Waals surface area contributed by atoms with Crippen molar-refractivity contribution >= 4 is 11.8 Å². The second kappa shape index (κ2) is 6.40. The van der Waals surface area contributed by atoms with Crippen molar-refractivity contribution < 1.29 is 14.3 Å². The molecule has 1 unspecified atom stereocenters. The SMILES string of the molecule is C=CC(=O)OCCC(=O)C(C)CC. The zero-order chi connectivity index (χ0) is 10.3. The highest BCUT2D eigenvalue weighted by atomic mass is 16.5. The molecule has 0 bridgehead atoms. The molecule has 0 spiro atoms. The van der Waals surface area contributed by atoms with Crippen molar-refractivity contribution in [1.82, 2.24) is 0 Å². The molecule has 0 radical (unpaired) electrons. The molecule has 0 aliphatic rings. The van der Waals surface area contributed by atoms with Gasteiger partial charge in [-0.2, -0.15) is 0 Å². The van der Waals surface area contributed by atoms with E-state index < -0.39 is 5.97 Å². The Morgan fingerprint density at radius 3 is 2.62 bits per heavy atom. The minimum absolute atomic E-state index is 0.0578. The molecule has 3 heteroatoms. The lowest BCUT2D eigenvalue weighted by Crippen LogP contribution is -2.13. The Morgan fingerprint density at radius 1 is 1.54 bits per heavy atom. The summed E-state index contributed by atoms with van der Waals surface area (Å²) in [5.41, 5.74) is 0. The molecule has 1 atom stereocenters. The van der Waals surface area contributed by atoms with Crippen molar-refractivity contribution in [2.45, 2.75) is 26.7 Å². The molecule has 0 aromatic rings. The number of carbonyl (C=O) groups excluding carboxylic acids is 2. The van der Waals surface area contributed by atoms with E-state index in [-0.39, 0.29) is 18.3 Å². The number of ether oxygens (including phenoxy) is 1. The van der Waals surface area contributed by atoms with Crippen LogP contribution in [0.3, 0.4) is 0 Å². The standard InChI is InChI=1S/C10H16O3/c1-4-8(3)9(11)6-7-13-10(12)5-2/h5,8H,2,4,6-7H2,1,3H3. The number of hydrogen-bond donors (Lipinski definition) is 0. The predicted octanol–water partition coefficient (Wildman–Crippen LogP) is 1.72. The summed E-state index contributed by atoms with van der Waals surface area (Å²) in [5, 5.41) is 0. The van der Waals surface area contributed by atoms with Gasteiger partial charge in [-0.05, 0) is 6.42 Å². The van der Waals surface area contributed by atoms with Crippen LogP contribution in [-0.4, -0.2) is 18.4 Å². The Kier molecular flexibility index (Phi) is 5.85. The Bertz CT molecular complexity index is 196. The molecule has 0 fully saturated rings. The number of rotatable bonds is 6. The molecule has 3 nitrogen and oxygen atoms in total. The van der Waals surface area contributed by atoms with Crippen molar-refractivity contribution in [1.29, 1.82) is 0 Å². The van der Waals surface area contributed by atoms with E-state index in [4.69, 9.17) is 0 Å². The number of Topliss-reactive ketones (excluding diaryl/α,β-unsaturated/α-hetero) is 1. The Morgan fingerprint density at radius 2 is 2.15 bits per heavy atom. The number of hydrogen-bond acceptors (Lipinski definition) is 3. The lowest BCUT2D eigenvalue weighted by Gasteiger charge is -2.06. The summed E-state index contributed by atoms with van der Waals surface area (Å²) in [6, 6.07) is 0. The highest BCUT2D eigenvalue weighted by Gasteiger charge is 2.10. The molecule has 0 aromatic heterocycles. The van der Waals surface area contributed by atoms with Crippen LogP contribution in [0.4, 0.5) is 0 Å². The van der Waals surface area contributed by atoms with Crippen molar-refractivity contribution in [2.24, 2.45) is 5.92 Å². The lowest BCUT2D eigenvalue weighted by atomic mass is 10.0. The quantitative estimate of drug-likeness (QED) is 0.466. The third-order valence-corrected chi connectivity index (χ3v) is 1.92. The van der Waals surface area contributed by atoms with Gasteiger partial charge in [0.05, 0.1) is 6.61 Å². The van der Waals surface area contributed by atoms with Crippen molar-refractivity contribution in [3.05, 3.63) is 12.7 Å². The zero-order valence-electron chi connectivity index (χ0n) is 8.21. The highest BCUT2D eigenvalue weighted by Crippen LogP contribution is 2.04. The van der Waals surface area contributed by atoms with Crippen LogP contribution in [0.15, 0.2) is 12.7 Å². The van der Waals surface area contributed by atoms with Gasteiger partial charge in [-0.25, -0.2) is 4.79 Å². The van der Waals surface area contributed by atoms with Gasteiger partial charge in [-0.15, -0.1) is 0 Å². The van der Waals surface area contributed by atoms with Gasteiger partial charge in [-0.1, -0.05) is 20.4 Å². The smallest absolute Gasteiger partial charge is 0.330 e. The highest BCUT2D eigenvalue weighted by molar-refractivity contribution is 5.83. The second-order valence-corrected chi connectivity index (χ2v) is 2.90. The minimum Gasteiger partial charge on any atom is -0.462 e. The fraction of sp³-hybridized carbons (Fsp3) is 0.600. The minimum atomic E-state index is -0.475. The maximum atomic E-state index is 11.2. The van der Waals surface area contributed by atoms with Gasteiger partial charge in [0.15, 0.2) is 0 Å². The molecule has 0 heterocycles. The molecule has 0 saturated heterocycles. The molecular weight excluding hydrogens is 168 g/mol. The summed E-state index contributed by atoms with van der Waals surface area (Å²) < 4.78 is 4.68. The van der Waals surface area contributed by atoms with Crippen LogP contribution in [0.25, 0.3) is 0 Å². The van der Waals surface area contributed by atoms with Gasteiger partial charge in [0, 0.05) is 18.4 Å². The number of ketones is 1. The van der Waals surface area contributed by atoms with Gasteiger partial charge >= 0.3 is 5.97 Å². The maximum absolute atomic E-state index is 11.2. The first-order chi connectivity index (χ1) is 6.11. The third kappa shape index (κ3) is 5.17. The van der Waals surface area contributed by atoms with E-state index in [1.165, 1.54) is 0 Å². The Labute approximate surface area is 78.8 Å². The topological polar surface area (TPSA) is 43.4 Å². The fourth-order valence-corrected chi connectivity index (χ4v) is 0.785. The van der Waals surface area contributed by atoms with Crippen LogP contribution in [-0.2, 0) is 14.3 Å². The van der Waals surface area contributed by atoms with E-state index >= 15 is 0 Å². The van der Waals surface area contributed by atoms with E-state index in [0.717, 1.165) is 12.5 Å². The molecule has 0 aromatic carbocycles. The molecular formula is C10H16O3. The summed E-state index contributed by atoms with van der Waals surface area (Å²) in [6.45, 7) is 7.24. The van der Waals surface area contributed by atoms with Gasteiger partial charge in [0.1, 0.15) is 5.78 Å². The maximum Gasteiger partial charge on any atom is 0.330 e. The first kappa shape index (κ1) is 11.9. The molecule has 0 aliphatic heterocycles. The van der Waals surface area contributed by atoms with E-state index in [1.54, 1.807) is 0 Å². The normalized spacial score (nSPS) is 11.8. The summed E-state index contributed by atoms with van der Waals surface area (Å²) in [6.07, 6.45) is 2.22. The average molecular weight is 184 g/mol. The van der Waals surface area contributed by atoms with Crippen LogP contribution in [0, 0.1) is 5.92 Å². The Balaban J connectivity index is 3.59. The average Bonchev–Trinajstić information content (AvgIpc) is 2.15. The lowest BCUT2D eigenvalue weighted by molar-refractivity contribution is -0.138. The van der Waals surface area contributed by atoms with Gasteiger partial charge in [0.25, 0.3) is 0 Å². The van der Waals surface area contributed by atoms with Crippen LogP contribution in [0.1, 0.15) is 26.7 Å². The molecule has 0 rings (SSSR count). The van der Waals surface area contributed by atoms with Gasteiger partial charge < -0.3 is 4.74 Å². The van der Waals surface area contributed by atoms with E-state index in [2.05, 4.69) is 11.3 Å². The first-order valence-electron chi connectivity index (χ1n) is 4.43. The second-order valence-electron chi connectivity index (χ2n) is 2.90. The van der Waals surface area contributed by atoms with Crippen LogP contribution < -0.4 is 0 Å². The van der Waals surface area contributed by atoms with Crippen LogP contribution in [0.5, 0.6) is 0 Å². The zero-order valence-corrected chi connectivity index (χ0v) is 8.21. The predicted molar refractivity (Wildman–Crippen MR) is 50.2 cm³/mol. The van der Waals surface area contributed by atoms with Gasteiger partial charge in [0.2, 0.25) is 0 Å². The van der Waals surface area contributed by atoms with Crippen LogP contribution in [0.2, 0.25) is 0 Å². The number of carbonyl (C=O) groups is 2.